The molecule has 0 saturated heterocycles. The van der Waals surface area contributed by atoms with Crippen molar-refractivity contribution in [3.63, 3.8) is 0 Å². The number of hydrogen-bond acceptors (Lipinski definition) is 4. The summed E-state index contributed by atoms with van der Waals surface area (Å²) in [6.45, 7) is 15.2. The Kier molecular flexibility index (Phi) is 9.65. The molecule has 0 aromatic rings. The molecule has 0 aliphatic carbocycles. The summed E-state index contributed by atoms with van der Waals surface area (Å²) in [6.07, 6.45) is 3.52. The van der Waals surface area contributed by atoms with E-state index >= 15 is 0 Å². The monoisotopic (exact) mass is 317 g/mol. The highest BCUT2D eigenvalue weighted by Crippen LogP contribution is 2.23. The topological polar surface area (TPSA) is 59.0 Å². The van der Waals surface area contributed by atoms with Crippen LogP contribution in [0, 0.1) is 0 Å². The van der Waals surface area contributed by atoms with Crippen LogP contribution in [0.1, 0.15) is 55.4 Å². The molecule has 0 aliphatic rings. The van der Waals surface area contributed by atoms with Crippen LogP contribution >= 0.6 is 0 Å². The fraction of sp³-hybridized carbons (Fsp3) is 0.824. The fourth-order valence-corrected chi connectivity index (χ4v) is 0.928. The van der Waals surface area contributed by atoms with Crippen molar-refractivity contribution in [2.75, 3.05) is 20.7 Å². The zero-order chi connectivity index (χ0) is 18.2. The van der Waals surface area contributed by atoms with Crippen molar-refractivity contribution < 1.29 is 19.4 Å². The molecule has 22 heavy (non-hydrogen) atoms. The van der Waals surface area contributed by atoms with E-state index in [1.165, 1.54) is 4.90 Å². The third-order valence-corrected chi connectivity index (χ3v) is 3.30. The second-order valence-corrected chi connectivity index (χ2v) is 7.20. The normalized spacial score (nSPS) is 12.7. The second kappa shape index (κ2) is 9.16. The summed E-state index contributed by atoms with van der Waals surface area (Å²) in [5.74, 6) is 0. The van der Waals surface area contributed by atoms with Crippen LogP contribution in [0.5, 0.6) is 0 Å². The van der Waals surface area contributed by atoms with Gasteiger partial charge in [-0.3, -0.25) is 0 Å². The van der Waals surface area contributed by atoms with Gasteiger partial charge in [0.15, 0.2) is 0 Å². The van der Waals surface area contributed by atoms with E-state index in [2.05, 4.69) is 0 Å². The van der Waals surface area contributed by atoms with Gasteiger partial charge in [-0.25, -0.2) is 4.79 Å². The number of amides is 1. The highest BCUT2D eigenvalue weighted by Gasteiger charge is 2.34. The molecule has 0 fully saturated rings. The van der Waals surface area contributed by atoms with Crippen LogP contribution in [0.2, 0.25) is 0 Å². The number of carbonyl (C=O) groups is 1. The van der Waals surface area contributed by atoms with Crippen molar-refractivity contribution in [2.24, 2.45) is 0 Å². The van der Waals surface area contributed by atoms with E-state index < -0.39 is 16.8 Å². The second-order valence-electron chi connectivity index (χ2n) is 7.20. The first-order chi connectivity index (χ1) is 9.68. The first-order valence-corrected chi connectivity index (χ1v) is 7.50. The molecule has 0 aromatic carbocycles. The molecule has 0 spiro atoms. The number of nitrogens with zero attached hydrogens (tertiary/aromatic N) is 1. The van der Waals surface area contributed by atoms with Crippen LogP contribution in [0.4, 0.5) is 4.79 Å². The minimum atomic E-state index is -0.776. The molecular formula is C17H35NO4. The standard InChI is InChI=1S/C10H19NO2.C7H16O2/c1-6-7-8-11(5)9(12)13-10(2,3)4;1-6(2,8)7(3,4)9-5/h6-7H,8H2,1-5H3;8H,1-5H3/b7-6+;. The van der Waals surface area contributed by atoms with Gasteiger partial charge in [-0.15, -0.1) is 0 Å². The molecule has 132 valence electrons. The Morgan fingerprint density at radius 3 is 1.82 bits per heavy atom. The lowest BCUT2D eigenvalue weighted by molar-refractivity contribution is -0.129. The number of likely N-dealkylation sites (N-methyl/N-ethyl adjacent to an activating group) is 1. The van der Waals surface area contributed by atoms with Gasteiger partial charge in [0, 0.05) is 20.7 Å². The molecule has 5 nitrogen and oxygen atoms in total. The Balaban J connectivity index is 0. The molecule has 1 N–H and O–H groups in total. The van der Waals surface area contributed by atoms with Crippen LogP contribution in [0.15, 0.2) is 12.2 Å². The lowest BCUT2D eigenvalue weighted by Gasteiger charge is -2.35. The van der Waals surface area contributed by atoms with Gasteiger partial charge in [-0.2, -0.15) is 0 Å². The van der Waals surface area contributed by atoms with Crippen LogP contribution in [-0.2, 0) is 9.47 Å². The average Bonchev–Trinajstić information content (AvgIpc) is 2.33. The zero-order valence-electron chi connectivity index (χ0n) is 16.0. The van der Waals surface area contributed by atoms with Crippen molar-refractivity contribution in [1.29, 1.82) is 0 Å². The van der Waals surface area contributed by atoms with Crippen molar-refractivity contribution >= 4 is 6.09 Å². The van der Waals surface area contributed by atoms with Crippen LogP contribution in [0.3, 0.4) is 0 Å². The highest BCUT2D eigenvalue weighted by molar-refractivity contribution is 5.67. The first-order valence-electron chi connectivity index (χ1n) is 7.50. The van der Waals surface area contributed by atoms with Gasteiger partial charge in [0.1, 0.15) is 5.60 Å². The van der Waals surface area contributed by atoms with E-state index in [0.29, 0.717) is 6.54 Å². The summed E-state index contributed by atoms with van der Waals surface area (Å²) in [6, 6.07) is 0. The zero-order valence-corrected chi connectivity index (χ0v) is 16.0. The van der Waals surface area contributed by atoms with E-state index in [1.54, 1.807) is 28.0 Å². The Hall–Kier alpha value is -1.07. The Morgan fingerprint density at radius 2 is 1.59 bits per heavy atom. The quantitative estimate of drug-likeness (QED) is 0.805. The number of ether oxygens (including phenoxy) is 2. The van der Waals surface area contributed by atoms with Gasteiger partial charge >= 0.3 is 6.09 Å². The van der Waals surface area contributed by atoms with E-state index in [9.17, 15) is 9.90 Å². The summed E-state index contributed by atoms with van der Waals surface area (Å²) in [5, 5.41) is 9.42. The smallest absolute Gasteiger partial charge is 0.410 e. The van der Waals surface area contributed by atoms with Gasteiger partial charge < -0.3 is 19.5 Å². The number of allylic oxidation sites excluding steroid dienone is 1. The molecule has 0 bridgehead atoms. The summed E-state index contributed by atoms with van der Waals surface area (Å²) < 4.78 is 10.2. The predicted octanol–water partition coefficient (Wildman–Crippen LogP) is 3.61. The maximum absolute atomic E-state index is 11.3. The number of methoxy groups -OCH3 is 1. The molecule has 5 heteroatoms. The number of rotatable bonds is 4. The molecule has 0 rings (SSSR count). The van der Waals surface area contributed by atoms with Crippen molar-refractivity contribution in [2.45, 2.75) is 72.2 Å². The van der Waals surface area contributed by atoms with Crippen molar-refractivity contribution in [3.05, 3.63) is 12.2 Å². The van der Waals surface area contributed by atoms with Gasteiger partial charge in [0.2, 0.25) is 0 Å². The first kappa shape index (κ1) is 23.2. The molecule has 0 radical (unpaired) electrons. The van der Waals surface area contributed by atoms with E-state index in [4.69, 9.17) is 9.47 Å². The molecule has 0 aromatic heterocycles. The number of aliphatic hydroxyl groups is 1. The SMILES string of the molecule is C/C=C/CN(C)C(=O)OC(C)(C)C.COC(C)(C)C(C)(C)O. The minimum absolute atomic E-state index is 0.286. The lowest BCUT2D eigenvalue weighted by Crippen LogP contribution is -2.46. The van der Waals surface area contributed by atoms with Crippen LogP contribution in [-0.4, -0.2) is 53.6 Å². The summed E-state index contributed by atoms with van der Waals surface area (Å²) >= 11 is 0. The summed E-state index contributed by atoms with van der Waals surface area (Å²) in [5.41, 5.74) is -1.66. The number of carbonyl (C=O) groups excluding carboxylic acids is 1. The third kappa shape index (κ3) is 10.6. The summed E-state index contributed by atoms with van der Waals surface area (Å²) in [7, 11) is 3.31. The Morgan fingerprint density at radius 1 is 1.14 bits per heavy atom. The maximum Gasteiger partial charge on any atom is 0.410 e. The van der Waals surface area contributed by atoms with E-state index in [-0.39, 0.29) is 6.09 Å². The Bertz CT molecular complexity index is 349. The average molecular weight is 317 g/mol. The molecular weight excluding hydrogens is 282 g/mol. The molecule has 0 saturated carbocycles. The van der Waals surface area contributed by atoms with E-state index in [1.807, 2.05) is 53.7 Å². The van der Waals surface area contributed by atoms with E-state index in [0.717, 1.165) is 0 Å². The van der Waals surface area contributed by atoms with Crippen molar-refractivity contribution in [3.8, 4) is 0 Å². The Labute approximate surface area is 136 Å². The highest BCUT2D eigenvalue weighted by atomic mass is 16.6. The molecule has 0 aliphatic heterocycles. The van der Waals surface area contributed by atoms with Gasteiger partial charge in [-0.1, -0.05) is 12.2 Å². The lowest BCUT2D eigenvalue weighted by atomic mass is 9.90. The largest absolute Gasteiger partial charge is 0.444 e. The van der Waals surface area contributed by atoms with Crippen LogP contribution in [0.25, 0.3) is 0 Å². The molecule has 0 atom stereocenters. The van der Waals surface area contributed by atoms with Crippen LogP contribution < -0.4 is 0 Å². The van der Waals surface area contributed by atoms with Gasteiger partial charge in [-0.05, 0) is 55.4 Å². The predicted molar refractivity (Wildman–Crippen MR) is 91.1 cm³/mol. The molecule has 0 unspecified atom stereocenters. The molecule has 0 heterocycles. The summed E-state index contributed by atoms with van der Waals surface area (Å²) in [4.78, 5) is 12.9. The number of hydrogen-bond donors (Lipinski definition) is 1. The third-order valence-electron chi connectivity index (χ3n) is 3.30. The minimum Gasteiger partial charge on any atom is -0.444 e. The fourth-order valence-electron chi connectivity index (χ4n) is 0.928. The maximum atomic E-state index is 11.3. The van der Waals surface area contributed by atoms with Gasteiger partial charge in [0.25, 0.3) is 0 Å². The van der Waals surface area contributed by atoms with Gasteiger partial charge in [0.05, 0.1) is 11.2 Å². The van der Waals surface area contributed by atoms with Crippen molar-refractivity contribution in [1.82, 2.24) is 4.90 Å². The molecule has 1 amide bonds.